The van der Waals surface area contributed by atoms with Gasteiger partial charge in [-0.3, -0.25) is 0 Å². The molecule has 1 rings (SSSR count). The van der Waals surface area contributed by atoms with E-state index in [1.54, 1.807) is 13.0 Å². The normalized spacial score (nSPS) is 11.8. The molecule has 1 atom stereocenters. The van der Waals surface area contributed by atoms with Crippen molar-refractivity contribution in [1.82, 2.24) is 10.6 Å². The van der Waals surface area contributed by atoms with Crippen molar-refractivity contribution in [3.8, 4) is 5.75 Å². The Morgan fingerprint density at radius 1 is 1.50 bits per heavy atom. The molecule has 1 aromatic rings. The van der Waals surface area contributed by atoms with E-state index in [0.717, 1.165) is 11.3 Å². The third-order valence-corrected chi connectivity index (χ3v) is 2.89. The largest absolute Gasteiger partial charge is 0.493 e. The minimum atomic E-state index is -0.283. The zero-order valence-corrected chi connectivity index (χ0v) is 12.5. The van der Waals surface area contributed by atoms with Crippen LogP contribution in [0.5, 0.6) is 5.75 Å². The zero-order chi connectivity index (χ0) is 15.0. The predicted octanol–water partition coefficient (Wildman–Crippen LogP) is 2.10. The van der Waals surface area contributed by atoms with Crippen LogP contribution in [0.25, 0.3) is 0 Å². The standard InChI is InChI=1S/C14H21ClN2O3/c1-10-8-12(15)4-5-13(10)20-7-3-6-16-14(19)17-11(2)9-18/h4-5,8,11,18H,3,6-7,9H2,1-2H3,(H2,16,17,19). The van der Waals surface area contributed by atoms with E-state index in [4.69, 9.17) is 21.4 Å². The van der Waals surface area contributed by atoms with Gasteiger partial charge in [0.05, 0.1) is 19.3 Å². The van der Waals surface area contributed by atoms with Gasteiger partial charge in [0, 0.05) is 11.6 Å². The molecule has 0 saturated carbocycles. The van der Waals surface area contributed by atoms with Gasteiger partial charge in [-0.05, 0) is 44.0 Å². The Kier molecular flexibility index (Phi) is 7.18. The Morgan fingerprint density at radius 2 is 2.25 bits per heavy atom. The Labute approximate surface area is 124 Å². The highest BCUT2D eigenvalue weighted by molar-refractivity contribution is 6.30. The fourth-order valence-corrected chi connectivity index (χ4v) is 1.78. The maximum Gasteiger partial charge on any atom is 0.315 e. The third-order valence-electron chi connectivity index (χ3n) is 2.65. The first-order valence-electron chi connectivity index (χ1n) is 6.57. The third kappa shape index (κ3) is 6.12. The number of benzene rings is 1. The maximum atomic E-state index is 11.3. The number of aryl methyl sites for hydroxylation is 1. The Bertz CT molecular complexity index is 440. The lowest BCUT2D eigenvalue weighted by Crippen LogP contribution is -2.42. The molecule has 0 aliphatic rings. The van der Waals surface area contributed by atoms with Crippen LogP contribution in [-0.4, -0.2) is 36.9 Å². The number of amides is 2. The minimum absolute atomic E-state index is 0.0770. The van der Waals surface area contributed by atoms with E-state index < -0.39 is 0 Å². The molecular weight excluding hydrogens is 280 g/mol. The summed E-state index contributed by atoms with van der Waals surface area (Å²) >= 11 is 5.86. The van der Waals surface area contributed by atoms with E-state index in [1.165, 1.54) is 0 Å². The summed E-state index contributed by atoms with van der Waals surface area (Å²) < 4.78 is 5.61. The summed E-state index contributed by atoms with van der Waals surface area (Å²) in [6.45, 7) is 4.61. The molecule has 0 aromatic heterocycles. The van der Waals surface area contributed by atoms with Crippen LogP contribution >= 0.6 is 11.6 Å². The summed E-state index contributed by atoms with van der Waals surface area (Å²) in [6.07, 6.45) is 0.697. The topological polar surface area (TPSA) is 70.6 Å². The van der Waals surface area contributed by atoms with Gasteiger partial charge in [-0.15, -0.1) is 0 Å². The molecule has 0 aliphatic heterocycles. The van der Waals surface area contributed by atoms with E-state index in [0.29, 0.717) is 24.6 Å². The van der Waals surface area contributed by atoms with Crippen molar-refractivity contribution in [2.24, 2.45) is 0 Å². The lowest BCUT2D eigenvalue weighted by atomic mass is 10.2. The number of carbonyl (C=O) groups is 1. The smallest absolute Gasteiger partial charge is 0.315 e. The number of hydrogen-bond donors (Lipinski definition) is 3. The van der Waals surface area contributed by atoms with Crippen molar-refractivity contribution >= 4 is 17.6 Å². The summed E-state index contributed by atoms with van der Waals surface area (Å²) in [5.41, 5.74) is 0.986. The van der Waals surface area contributed by atoms with Gasteiger partial charge in [0.25, 0.3) is 0 Å². The van der Waals surface area contributed by atoms with Gasteiger partial charge < -0.3 is 20.5 Å². The number of nitrogens with one attached hydrogen (secondary N) is 2. The molecule has 0 heterocycles. The highest BCUT2D eigenvalue weighted by Crippen LogP contribution is 2.21. The van der Waals surface area contributed by atoms with Crippen molar-refractivity contribution in [2.45, 2.75) is 26.3 Å². The molecule has 0 spiro atoms. The maximum absolute atomic E-state index is 11.3. The van der Waals surface area contributed by atoms with Crippen molar-refractivity contribution in [3.05, 3.63) is 28.8 Å². The van der Waals surface area contributed by atoms with Crippen LogP contribution < -0.4 is 15.4 Å². The molecule has 2 amide bonds. The molecule has 20 heavy (non-hydrogen) atoms. The monoisotopic (exact) mass is 300 g/mol. The van der Waals surface area contributed by atoms with Crippen LogP contribution in [0.15, 0.2) is 18.2 Å². The SMILES string of the molecule is Cc1cc(Cl)ccc1OCCCNC(=O)NC(C)CO. The summed E-state index contributed by atoms with van der Waals surface area (Å²) in [5.74, 6) is 0.799. The Balaban J connectivity index is 2.17. The number of aliphatic hydroxyl groups excluding tert-OH is 1. The molecule has 6 heteroatoms. The number of carbonyl (C=O) groups excluding carboxylic acids is 1. The van der Waals surface area contributed by atoms with E-state index >= 15 is 0 Å². The average molecular weight is 301 g/mol. The number of hydrogen-bond acceptors (Lipinski definition) is 3. The fraction of sp³-hybridized carbons (Fsp3) is 0.500. The highest BCUT2D eigenvalue weighted by Gasteiger charge is 2.04. The van der Waals surface area contributed by atoms with Gasteiger partial charge in [-0.25, -0.2) is 4.79 Å². The van der Waals surface area contributed by atoms with Crippen molar-refractivity contribution in [2.75, 3.05) is 19.8 Å². The van der Waals surface area contributed by atoms with E-state index in [2.05, 4.69) is 10.6 Å². The molecule has 0 fully saturated rings. The molecule has 5 nitrogen and oxygen atoms in total. The lowest BCUT2D eigenvalue weighted by Gasteiger charge is -2.12. The first-order chi connectivity index (χ1) is 9.52. The molecule has 0 aliphatic carbocycles. The van der Waals surface area contributed by atoms with Crippen LogP contribution in [0.4, 0.5) is 4.79 Å². The van der Waals surface area contributed by atoms with Gasteiger partial charge in [0.1, 0.15) is 5.75 Å². The van der Waals surface area contributed by atoms with Gasteiger partial charge in [0.2, 0.25) is 0 Å². The molecule has 3 N–H and O–H groups in total. The first-order valence-corrected chi connectivity index (χ1v) is 6.95. The van der Waals surface area contributed by atoms with Gasteiger partial charge in [0.15, 0.2) is 0 Å². The number of halogens is 1. The Morgan fingerprint density at radius 3 is 2.90 bits per heavy atom. The average Bonchev–Trinajstić information content (AvgIpc) is 2.40. The van der Waals surface area contributed by atoms with Crippen LogP contribution in [0.2, 0.25) is 5.02 Å². The number of ether oxygens (including phenoxy) is 1. The van der Waals surface area contributed by atoms with Gasteiger partial charge in [-0.1, -0.05) is 11.6 Å². The number of aliphatic hydroxyl groups is 1. The van der Waals surface area contributed by atoms with Crippen LogP contribution in [0.1, 0.15) is 18.9 Å². The van der Waals surface area contributed by atoms with Crippen LogP contribution in [-0.2, 0) is 0 Å². The number of rotatable bonds is 7. The Hall–Kier alpha value is -1.46. The van der Waals surface area contributed by atoms with Gasteiger partial charge in [-0.2, -0.15) is 0 Å². The summed E-state index contributed by atoms with van der Waals surface area (Å²) in [6, 6.07) is 4.93. The first kappa shape index (κ1) is 16.6. The van der Waals surface area contributed by atoms with Crippen molar-refractivity contribution in [3.63, 3.8) is 0 Å². The summed E-state index contributed by atoms with van der Waals surface area (Å²) in [5, 5.41) is 14.8. The minimum Gasteiger partial charge on any atom is -0.493 e. The highest BCUT2D eigenvalue weighted by atomic mass is 35.5. The fourth-order valence-electron chi connectivity index (χ4n) is 1.55. The van der Waals surface area contributed by atoms with Crippen molar-refractivity contribution < 1.29 is 14.6 Å². The quantitative estimate of drug-likeness (QED) is 0.675. The lowest BCUT2D eigenvalue weighted by molar-refractivity contribution is 0.219. The van der Waals surface area contributed by atoms with Crippen molar-refractivity contribution in [1.29, 1.82) is 0 Å². The molecule has 0 bridgehead atoms. The second-order valence-corrected chi connectivity index (χ2v) is 5.03. The predicted molar refractivity (Wildman–Crippen MR) is 79.4 cm³/mol. The molecule has 0 radical (unpaired) electrons. The molecule has 1 unspecified atom stereocenters. The molecule has 0 saturated heterocycles. The van der Waals surface area contributed by atoms with E-state index in [1.807, 2.05) is 19.1 Å². The molecule has 1 aromatic carbocycles. The van der Waals surface area contributed by atoms with E-state index in [-0.39, 0.29) is 18.7 Å². The molecular formula is C14H21ClN2O3. The van der Waals surface area contributed by atoms with Crippen LogP contribution in [0.3, 0.4) is 0 Å². The summed E-state index contributed by atoms with van der Waals surface area (Å²) in [7, 11) is 0. The second kappa shape index (κ2) is 8.66. The van der Waals surface area contributed by atoms with Crippen LogP contribution in [0, 0.1) is 6.92 Å². The zero-order valence-electron chi connectivity index (χ0n) is 11.8. The molecule has 112 valence electrons. The number of urea groups is 1. The summed E-state index contributed by atoms with van der Waals surface area (Å²) in [4.78, 5) is 11.3. The second-order valence-electron chi connectivity index (χ2n) is 4.60. The van der Waals surface area contributed by atoms with Gasteiger partial charge >= 0.3 is 6.03 Å². The van der Waals surface area contributed by atoms with E-state index in [9.17, 15) is 4.79 Å².